The molecule has 0 aromatic heterocycles. The first-order valence-corrected chi connectivity index (χ1v) is 23.5. The van der Waals surface area contributed by atoms with E-state index in [0.29, 0.717) is 36.2 Å². The van der Waals surface area contributed by atoms with Crippen LogP contribution in [0.15, 0.2) is 78.9 Å². The van der Waals surface area contributed by atoms with Gasteiger partial charge in [-0.1, -0.05) is 84.0 Å². The Hall–Kier alpha value is -5.42. The van der Waals surface area contributed by atoms with Crippen molar-refractivity contribution in [3.8, 4) is 0 Å². The third-order valence-electron chi connectivity index (χ3n) is 11.6. The first-order valence-electron chi connectivity index (χ1n) is 21.5. The van der Waals surface area contributed by atoms with Gasteiger partial charge in [-0.05, 0) is 86.1 Å². The van der Waals surface area contributed by atoms with Gasteiger partial charge in [0, 0.05) is 39.6 Å². The Morgan fingerprint density at radius 3 is 1.29 bits per heavy atom. The second-order valence-corrected chi connectivity index (χ2v) is 22.8. The van der Waals surface area contributed by atoms with Gasteiger partial charge in [-0.3, -0.25) is 19.2 Å². The molecule has 65 heavy (non-hydrogen) atoms. The van der Waals surface area contributed by atoms with Crippen LogP contribution < -0.4 is 26.2 Å². The molecule has 6 amide bonds. The van der Waals surface area contributed by atoms with Gasteiger partial charge in [0.1, 0.15) is 24.2 Å². The molecule has 2 aliphatic heterocycles. The van der Waals surface area contributed by atoms with Crippen LogP contribution in [0.25, 0.3) is 0 Å². The summed E-state index contributed by atoms with van der Waals surface area (Å²) in [7, 11) is 2.49. The number of para-hydroxylation sites is 1. The van der Waals surface area contributed by atoms with Gasteiger partial charge in [0.05, 0.1) is 26.0 Å². The van der Waals surface area contributed by atoms with Crippen LogP contribution in [0.1, 0.15) is 80.4 Å². The summed E-state index contributed by atoms with van der Waals surface area (Å²) in [5.74, 6) is -0.772. The number of nitrogens with one attached hydrogen (secondary N) is 4. The monoisotopic (exact) mass is 931 g/mol. The number of anilines is 3. The highest BCUT2D eigenvalue weighted by molar-refractivity contribution is 8.01. The fourth-order valence-electron chi connectivity index (χ4n) is 7.93. The van der Waals surface area contributed by atoms with Crippen LogP contribution in [0, 0.1) is 10.8 Å². The molecule has 2 unspecified atom stereocenters. The van der Waals surface area contributed by atoms with Crippen molar-refractivity contribution in [3.05, 3.63) is 90.0 Å². The number of thioether (sulfide) groups is 2. The Labute approximate surface area is 391 Å². The third kappa shape index (κ3) is 12.5. The van der Waals surface area contributed by atoms with E-state index in [2.05, 4.69) is 26.2 Å². The first kappa shape index (κ1) is 50.6. The minimum Gasteiger partial charge on any atom is -0.453 e. The van der Waals surface area contributed by atoms with Gasteiger partial charge >= 0.3 is 12.2 Å². The largest absolute Gasteiger partial charge is 0.453 e. The summed E-state index contributed by atoms with van der Waals surface area (Å²) < 4.78 is 8.40. The van der Waals surface area contributed by atoms with Gasteiger partial charge in [0.2, 0.25) is 23.6 Å². The second-order valence-electron chi connectivity index (χ2n) is 19.6. The second kappa shape index (κ2) is 20.4. The van der Waals surface area contributed by atoms with Crippen LogP contribution in [-0.2, 0) is 41.7 Å². The Morgan fingerprint density at radius 2 is 0.969 bits per heavy atom. The van der Waals surface area contributed by atoms with Crippen molar-refractivity contribution in [2.45, 2.75) is 116 Å². The SMILES string of the molecule is COC(=O)NC(C(=O)N1CSC(C)(C)[C@H]1C(=O)Nc1ccc(CN(Cc2ccc(NC(=O)C3N(C(=O)[C@@H](NC(=O)OC)C(C)(C)C)CSC3(C)C)cc2)c2ccccc2)cc1)C(C)(C)C. The number of benzene rings is 3. The zero-order valence-corrected chi connectivity index (χ0v) is 41.2. The number of methoxy groups -OCH3 is 2. The molecule has 0 bridgehead atoms. The smallest absolute Gasteiger partial charge is 0.407 e. The lowest BCUT2D eigenvalue weighted by atomic mass is 9.85. The lowest BCUT2D eigenvalue weighted by Crippen LogP contribution is -2.59. The first-order chi connectivity index (χ1) is 30.4. The molecule has 0 saturated carbocycles. The van der Waals surface area contributed by atoms with E-state index in [1.54, 1.807) is 9.80 Å². The molecule has 0 radical (unpaired) electrons. The van der Waals surface area contributed by atoms with E-state index in [4.69, 9.17) is 9.47 Å². The van der Waals surface area contributed by atoms with E-state index in [1.807, 2.05) is 148 Å². The normalized spacial score (nSPS) is 18.8. The van der Waals surface area contributed by atoms with E-state index in [-0.39, 0.29) is 23.6 Å². The van der Waals surface area contributed by atoms with Crippen LogP contribution in [0.4, 0.5) is 26.7 Å². The van der Waals surface area contributed by atoms with Gasteiger partial charge in [-0.2, -0.15) is 0 Å². The molecule has 17 heteroatoms. The summed E-state index contributed by atoms with van der Waals surface area (Å²) in [5.41, 5.74) is 2.89. The fraction of sp³-hybridized carbons (Fsp3) is 0.500. The Morgan fingerprint density at radius 1 is 0.615 bits per heavy atom. The van der Waals surface area contributed by atoms with Crippen LogP contribution >= 0.6 is 23.5 Å². The van der Waals surface area contributed by atoms with E-state index in [1.165, 1.54) is 37.7 Å². The molecule has 352 valence electrons. The van der Waals surface area contributed by atoms with Crippen molar-refractivity contribution in [1.82, 2.24) is 20.4 Å². The van der Waals surface area contributed by atoms with Gasteiger partial charge < -0.3 is 45.4 Å². The Kier molecular flexibility index (Phi) is 15.9. The standard InChI is InChI=1S/C48H65N7O8S2/c1-45(2,3)35(51-43(60)62-11)41(58)54-28-64-47(7,8)37(54)39(56)49-32-22-18-30(19-23-32)26-53(34-16-14-13-15-17-34)27-31-20-24-33(25-21-31)50-40(57)38-48(9,10)65-29-55(38)42(59)36(46(4,5)6)52-44(61)63-12/h13-25,35-38H,26-29H2,1-12H3,(H,49,56)(H,50,57)(H,51,60)(H,52,61)/t35-,36?,37?,38-/m1/s1. The molecule has 0 aliphatic carbocycles. The van der Waals surface area contributed by atoms with E-state index < -0.39 is 56.7 Å². The molecule has 3 aromatic carbocycles. The zero-order chi connectivity index (χ0) is 48.1. The number of hydrogen-bond acceptors (Lipinski definition) is 11. The average molecular weight is 932 g/mol. The van der Waals surface area contributed by atoms with E-state index in [0.717, 1.165) is 16.8 Å². The quantitative estimate of drug-likeness (QED) is 0.132. The number of amides is 6. The number of rotatable bonds is 13. The third-order valence-corrected chi connectivity index (χ3v) is 14.3. The van der Waals surface area contributed by atoms with Crippen molar-refractivity contribution in [1.29, 1.82) is 0 Å². The van der Waals surface area contributed by atoms with Gasteiger partial charge in [-0.25, -0.2) is 9.59 Å². The van der Waals surface area contributed by atoms with Crippen LogP contribution in [-0.4, -0.2) is 105 Å². The molecular weight excluding hydrogens is 867 g/mol. The molecule has 2 heterocycles. The number of ether oxygens (including phenoxy) is 2. The number of carbonyl (C=O) groups is 6. The summed E-state index contributed by atoms with van der Waals surface area (Å²) in [4.78, 5) is 85.5. The van der Waals surface area contributed by atoms with E-state index in [9.17, 15) is 28.8 Å². The summed E-state index contributed by atoms with van der Waals surface area (Å²) in [6.45, 7) is 19.9. The minimum absolute atomic E-state index is 0.293. The molecule has 2 saturated heterocycles. The number of alkyl carbamates (subject to hydrolysis) is 2. The van der Waals surface area contributed by atoms with Crippen molar-refractivity contribution in [2.75, 3.05) is 41.5 Å². The maximum atomic E-state index is 14.0. The molecule has 0 spiro atoms. The molecular formula is C48H65N7O8S2. The summed E-state index contributed by atoms with van der Waals surface area (Å²) >= 11 is 3.01. The topological polar surface area (TPSA) is 179 Å². The predicted octanol–water partition coefficient (Wildman–Crippen LogP) is 7.67. The summed E-state index contributed by atoms with van der Waals surface area (Å²) in [6, 6.07) is 21.9. The summed E-state index contributed by atoms with van der Waals surface area (Å²) in [5, 5.41) is 11.4. The van der Waals surface area contributed by atoms with Crippen molar-refractivity contribution in [3.63, 3.8) is 0 Å². The molecule has 3 aromatic rings. The van der Waals surface area contributed by atoms with Crippen LogP contribution in [0.2, 0.25) is 0 Å². The highest BCUT2D eigenvalue weighted by Gasteiger charge is 2.52. The molecule has 4 N–H and O–H groups in total. The summed E-state index contributed by atoms with van der Waals surface area (Å²) in [6.07, 6.45) is -1.43. The maximum absolute atomic E-state index is 14.0. The number of hydrogen-bond donors (Lipinski definition) is 4. The molecule has 2 fully saturated rings. The van der Waals surface area contributed by atoms with Gasteiger partial charge in [0.15, 0.2) is 0 Å². The minimum atomic E-state index is -0.907. The van der Waals surface area contributed by atoms with Crippen LogP contribution in [0.5, 0.6) is 0 Å². The fourth-order valence-corrected chi connectivity index (χ4v) is 10.2. The highest BCUT2D eigenvalue weighted by atomic mass is 32.2. The molecule has 5 rings (SSSR count). The number of carbonyl (C=O) groups excluding carboxylic acids is 6. The average Bonchev–Trinajstić information content (AvgIpc) is 3.75. The lowest BCUT2D eigenvalue weighted by Gasteiger charge is -2.36. The zero-order valence-electron chi connectivity index (χ0n) is 39.6. The van der Waals surface area contributed by atoms with Crippen molar-refractivity contribution < 1.29 is 38.2 Å². The number of nitrogens with zero attached hydrogens (tertiary/aromatic N) is 3. The molecule has 2 aliphatic rings. The van der Waals surface area contributed by atoms with Gasteiger partial charge in [-0.15, -0.1) is 23.5 Å². The van der Waals surface area contributed by atoms with Crippen molar-refractivity contribution in [2.24, 2.45) is 10.8 Å². The van der Waals surface area contributed by atoms with Gasteiger partial charge in [0.25, 0.3) is 0 Å². The van der Waals surface area contributed by atoms with E-state index >= 15 is 0 Å². The Balaban J connectivity index is 1.27. The lowest BCUT2D eigenvalue weighted by molar-refractivity contribution is -0.141. The highest BCUT2D eigenvalue weighted by Crippen LogP contribution is 2.42. The maximum Gasteiger partial charge on any atom is 0.407 e. The predicted molar refractivity (Wildman–Crippen MR) is 258 cm³/mol. The Bertz CT molecular complexity index is 2060. The van der Waals surface area contributed by atoms with Crippen molar-refractivity contribution >= 4 is 76.4 Å². The van der Waals surface area contributed by atoms with Crippen LogP contribution in [0.3, 0.4) is 0 Å². The molecule has 4 atom stereocenters. The molecule has 15 nitrogen and oxygen atoms in total.